The van der Waals surface area contributed by atoms with Crippen LogP contribution in [0.4, 0.5) is 0 Å². The second kappa shape index (κ2) is 11.2. The van der Waals surface area contributed by atoms with Crippen molar-refractivity contribution in [1.29, 1.82) is 5.26 Å². The van der Waals surface area contributed by atoms with Crippen molar-refractivity contribution in [3.8, 4) is 23.3 Å². The molecule has 2 heterocycles. The van der Waals surface area contributed by atoms with E-state index in [9.17, 15) is 4.79 Å². The monoisotopic (exact) mass is 514 g/mol. The van der Waals surface area contributed by atoms with Gasteiger partial charge in [-0.1, -0.05) is 18.2 Å². The summed E-state index contributed by atoms with van der Waals surface area (Å²) in [6.45, 7) is 0. The summed E-state index contributed by atoms with van der Waals surface area (Å²) in [6.07, 6.45) is 3.72. The molecule has 2 aliphatic rings. The van der Waals surface area contributed by atoms with Crippen LogP contribution in [0, 0.1) is 11.3 Å². The summed E-state index contributed by atoms with van der Waals surface area (Å²) in [5, 5.41) is 9.14. The molecule has 0 spiro atoms. The molecule has 0 aliphatic carbocycles. The maximum absolute atomic E-state index is 13.4. The van der Waals surface area contributed by atoms with E-state index < -0.39 is 0 Å². The number of ether oxygens (including phenoxy) is 3. The summed E-state index contributed by atoms with van der Waals surface area (Å²) < 4.78 is 16.9. The number of amides is 1. The molecular formula is C30H30N2O4S. The lowest BCUT2D eigenvalue weighted by Gasteiger charge is -2.39. The predicted molar refractivity (Wildman–Crippen MR) is 143 cm³/mol. The van der Waals surface area contributed by atoms with Crippen LogP contribution in [0.1, 0.15) is 47.2 Å². The molecular weight excluding hydrogens is 484 g/mol. The first-order valence-corrected chi connectivity index (χ1v) is 13.5. The second-order valence-corrected chi connectivity index (χ2v) is 10.5. The van der Waals surface area contributed by atoms with E-state index in [2.05, 4.69) is 11.0 Å². The van der Waals surface area contributed by atoms with Gasteiger partial charge >= 0.3 is 0 Å². The predicted octanol–water partition coefficient (Wildman–Crippen LogP) is 6.08. The zero-order chi connectivity index (χ0) is 25.8. The van der Waals surface area contributed by atoms with E-state index >= 15 is 0 Å². The third kappa shape index (κ3) is 5.55. The van der Waals surface area contributed by atoms with Gasteiger partial charge in [-0.15, -0.1) is 11.8 Å². The van der Waals surface area contributed by atoms with E-state index in [-0.39, 0.29) is 24.1 Å². The second-order valence-electron chi connectivity index (χ2n) is 9.45. The Morgan fingerprint density at radius 2 is 1.70 bits per heavy atom. The Kier molecular flexibility index (Phi) is 7.57. The third-order valence-corrected chi connectivity index (χ3v) is 8.22. The zero-order valence-electron chi connectivity index (χ0n) is 21.1. The molecule has 190 valence electrons. The topological polar surface area (TPSA) is 71.8 Å². The van der Waals surface area contributed by atoms with Crippen LogP contribution in [0.15, 0.2) is 71.6 Å². The SMILES string of the molecule is COc1ccc(SCc2ccc(C(=O)N3[C@H]4CC[C@H]3CC(Oc3cccc(C#N)c3)C4)cc2)cc1OC. The van der Waals surface area contributed by atoms with Crippen LogP contribution >= 0.6 is 11.8 Å². The number of methoxy groups -OCH3 is 2. The van der Waals surface area contributed by atoms with Gasteiger partial charge in [-0.2, -0.15) is 5.26 Å². The molecule has 0 N–H and O–H groups in total. The lowest BCUT2D eigenvalue weighted by Crippen LogP contribution is -2.49. The molecule has 2 atom stereocenters. The smallest absolute Gasteiger partial charge is 0.254 e. The van der Waals surface area contributed by atoms with Gasteiger partial charge in [0.25, 0.3) is 5.91 Å². The molecule has 3 aromatic carbocycles. The fraction of sp³-hybridized carbons (Fsp3) is 0.333. The minimum Gasteiger partial charge on any atom is -0.493 e. The van der Waals surface area contributed by atoms with Crippen molar-refractivity contribution in [1.82, 2.24) is 4.90 Å². The van der Waals surface area contributed by atoms with Crippen LogP contribution in [0.5, 0.6) is 17.2 Å². The van der Waals surface area contributed by atoms with Gasteiger partial charge in [-0.05, 0) is 66.9 Å². The first-order valence-electron chi connectivity index (χ1n) is 12.5. The summed E-state index contributed by atoms with van der Waals surface area (Å²) >= 11 is 1.72. The molecule has 0 aromatic heterocycles. The van der Waals surface area contributed by atoms with E-state index in [1.807, 2.05) is 54.6 Å². The Balaban J connectivity index is 1.19. The van der Waals surface area contributed by atoms with Crippen molar-refractivity contribution in [3.63, 3.8) is 0 Å². The molecule has 2 bridgehead atoms. The van der Waals surface area contributed by atoms with Crippen LogP contribution in [0.25, 0.3) is 0 Å². The summed E-state index contributed by atoms with van der Waals surface area (Å²) in [6, 6.07) is 23.7. The number of carbonyl (C=O) groups excluding carboxylic acids is 1. The summed E-state index contributed by atoms with van der Waals surface area (Å²) in [5.74, 6) is 3.06. The molecule has 3 aromatic rings. The Bertz CT molecular complexity index is 1290. The van der Waals surface area contributed by atoms with E-state index in [1.165, 1.54) is 0 Å². The van der Waals surface area contributed by atoms with Gasteiger partial charge < -0.3 is 19.1 Å². The van der Waals surface area contributed by atoms with E-state index in [4.69, 9.17) is 19.5 Å². The van der Waals surface area contributed by atoms with E-state index in [0.29, 0.717) is 17.1 Å². The van der Waals surface area contributed by atoms with Gasteiger partial charge in [0.05, 0.1) is 25.9 Å². The number of fused-ring (bicyclic) bond motifs is 2. The fourth-order valence-electron chi connectivity index (χ4n) is 5.35. The van der Waals surface area contributed by atoms with Crippen molar-refractivity contribution in [2.75, 3.05) is 14.2 Å². The fourth-order valence-corrected chi connectivity index (χ4v) is 6.23. The quantitative estimate of drug-likeness (QED) is 0.339. The highest BCUT2D eigenvalue weighted by Crippen LogP contribution is 2.38. The number of nitrogens with zero attached hydrogens (tertiary/aromatic N) is 2. The Morgan fingerprint density at radius 1 is 0.973 bits per heavy atom. The molecule has 37 heavy (non-hydrogen) atoms. The molecule has 0 saturated carbocycles. The molecule has 7 heteroatoms. The first-order chi connectivity index (χ1) is 18.1. The van der Waals surface area contributed by atoms with Gasteiger partial charge in [0.2, 0.25) is 0 Å². The average molecular weight is 515 g/mol. The highest BCUT2D eigenvalue weighted by atomic mass is 32.2. The number of rotatable bonds is 8. The minimum absolute atomic E-state index is 0.0615. The normalized spacial score (nSPS) is 20.2. The van der Waals surface area contributed by atoms with Crippen molar-refractivity contribution in [2.45, 2.75) is 54.5 Å². The summed E-state index contributed by atoms with van der Waals surface area (Å²) in [4.78, 5) is 16.6. The molecule has 2 saturated heterocycles. The molecule has 2 aliphatic heterocycles. The number of piperidine rings is 1. The number of thioether (sulfide) groups is 1. The highest BCUT2D eigenvalue weighted by Gasteiger charge is 2.44. The number of hydrogen-bond acceptors (Lipinski definition) is 6. The van der Waals surface area contributed by atoms with Crippen LogP contribution < -0.4 is 14.2 Å². The van der Waals surface area contributed by atoms with Gasteiger partial charge in [-0.25, -0.2) is 0 Å². The molecule has 6 nitrogen and oxygen atoms in total. The van der Waals surface area contributed by atoms with Crippen LogP contribution in [-0.4, -0.2) is 43.2 Å². The average Bonchev–Trinajstić information content (AvgIpc) is 3.21. The number of benzene rings is 3. The van der Waals surface area contributed by atoms with Crippen molar-refractivity contribution in [2.24, 2.45) is 0 Å². The van der Waals surface area contributed by atoms with Gasteiger partial charge in [0.15, 0.2) is 11.5 Å². The van der Waals surface area contributed by atoms with Gasteiger partial charge in [0, 0.05) is 41.1 Å². The lowest BCUT2D eigenvalue weighted by atomic mass is 9.98. The van der Waals surface area contributed by atoms with Crippen molar-refractivity contribution < 1.29 is 19.0 Å². The molecule has 0 unspecified atom stereocenters. The lowest BCUT2D eigenvalue weighted by molar-refractivity contribution is 0.0359. The minimum atomic E-state index is 0.0615. The largest absolute Gasteiger partial charge is 0.493 e. The molecule has 1 amide bonds. The molecule has 2 fully saturated rings. The van der Waals surface area contributed by atoms with Crippen LogP contribution in [0.3, 0.4) is 0 Å². The molecule has 5 rings (SSSR count). The highest BCUT2D eigenvalue weighted by molar-refractivity contribution is 7.98. The van der Waals surface area contributed by atoms with E-state index in [1.54, 1.807) is 38.1 Å². The number of carbonyl (C=O) groups is 1. The van der Waals surface area contributed by atoms with Gasteiger partial charge in [-0.3, -0.25) is 4.79 Å². The number of nitriles is 1. The maximum Gasteiger partial charge on any atom is 0.254 e. The summed E-state index contributed by atoms with van der Waals surface area (Å²) in [7, 11) is 3.27. The number of hydrogen-bond donors (Lipinski definition) is 0. The van der Waals surface area contributed by atoms with Crippen LogP contribution in [0.2, 0.25) is 0 Å². The van der Waals surface area contributed by atoms with E-state index in [0.717, 1.165) is 53.2 Å². The zero-order valence-corrected chi connectivity index (χ0v) is 21.9. The Hall–Kier alpha value is -3.63. The first kappa shape index (κ1) is 25.0. The standard InChI is InChI=1S/C30H30N2O4S/c1-34-28-13-12-27(17-29(28)35-2)37-19-20-6-8-22(9-7-20)30(33)32-23-10-11-24(32)16-26(15-23)36-25-5-3-4-21(14-25)18-31/h3-9,12-14,17,23-24,26H,10-11,15-16,19H2,1-2H3/t23-,24-/m0/s1. The Morgan fingerprint density at radius 3 is 2.38 bits per heavy atom. The third-order valence-electron chi connectivity index (χ3n) is 7.15. The van der Waals surface area contributed by atoms with Gasteiger partial charge in [0.1, 0.15) is 11.9 Å². The summed E-state index contributed by atoms with van der Waals surface area (Å²) in [5.41, 5.74) is 2.49. The molecule has 0 radical (unpaired) electrons. The van der Waals surface area contributed by atoms with Crippen molar-refractivity contribution >= 4 is 17.7 Å². The maximum atomic E-state index is 13.4. The Labute approximate surface area is 222 Å². The van der Waals surface area contributed by atoms with Crippen molar-refractivity contribution in [3.05, 3.63) is 83.4 Å². The van der Waals surface area contributed by atoms with Crippen LogP contribution in [-0.2, 0) is 5.75 Å².